The molecule has 0 aliphatic carbocycles. The number of benzene rings is 1. The lowest BCUT2D eigenvalue weighted by molar-refractivity contribution is 0.321. The van der Waals surface area contributed by atoms with Crippen molar-refractivity contribution in [1.82, 2.24) is 0 Å². The number of nitrogens with zero attached hydrogens (tertiary/aromatic N) is 1. The topological polar surface area (TPSA) is 32.6 Å². The van der Waals surface area contributed by atoms with E-state index < -0.39 is 0 Å². The minimum atomic E-state index is -0.354. The van der Waals surface area contributed by atoms with E-state index >= 15 is 0 Å². The molecule has 0 saturated heterocycles. The third kappa shape index (κ3) is 1.81. The van der Waals surface area contributed by atoms with Gasteiger partial charge in [0.1, 0.15) is 5.82 Å². The van der Waals surface area contributed by atoms with Gasteiger partial charge in [0.2, 0.25) is 0 Å². The summed E-state index contributed by atoms with van der Waals surface area (Å²) in [7, 11) is 0. The zero-order valence-electron chi connectivity index (χ0n) is 6.79. The molecular formula is C9H10FNO. The van der Waals surface area contributed by atoms with Crippen LogP contribution in [0.15, 0.2) is 23.4 Å². The van der Waals surface area contributed by atoms with E-state index in [9.17, 15) is 4.39 Å². The molecule has 0 fully saturated rings. The maximum absolute atomic E-state index is 13.0. The van der Waals surface area contributed by atoms with E-state index in [1.54, 1.807) is 12.1 Å². The zero-order chi connectivity index (χ0) is 8.97. The summed E-state index contributed by atoms with van der Waals surface area (Å²) in [6.07, 6.45) is 1.88. The minimum absolute atomic E-state index is 0.301. The Hall–Kier alpha value is -1.38. The van der Waals surface area contributed by atoms with Crippen LogP contribution >= 0.6 is 0 Å². The number of hydrogen-bond donors (Lipinski definition) is 1. The van der Waals surface area contributed by atoms with Crippen molar-refractivity contribution in [3.05, 3.63) is 35.1 Å². The quantitative estimate of drug-likeness (QED) is 0.408. The largest absolute Gasteiger partial charge is 0.411 e. The Balaban J connectivity index is 3.03. The van der Waals surface area contributed by atoms with Crippen LogP contribution < -0.4 is 0 Å². The highest BCUT2D eigenvalue weighted by Gasteiger charge is 1.99. The molecule has 0 aromatic heterocycles. The first kappa shape index (κ1) is 8.71. The van der Waals surface area contributed by atoms with Crippen molar-refractivity contribution < 1.29 is 9.60 Å². The molecule has 0 saturated carbocycles. The summed E-state index contributed by atoms with van der Waals surface area (Å²) < 4.78 is 13.0. The number of hydrogen-bond acceptors (Lipinski definition) is 2. The Kier molecular flexibility index (Phi) is 2.80. The summed E-state index contributed by atoms with van der Waals surface area (Å²) in [5, 5.41) is 10.9. The van der Waals surface area contributed by atoms with Crippen molar-refractivity contribution >= 4 is 6.21 Å². The van der Waals surface area contributed by atoms with Crippen molar-refractivity contribution in [1.29, 1.82) is 0 Å². The molecule has 1 rings (SSSR count). The molecule has 12 heavy (non-hydrogen) atoms. The lowest BCUT2D eigenvalue weighted by Gasteiger charge is -1.98. The van der Waals surface area contributed by atoms with Crippen LogP contribution in [-0.2, 0) is 6.42 Å². The third-order valence-electron chi connectivity index (χ3n) is 1.67. The van der Waals surface area contributed by atoms with Gasteiger partial charge >= 0.3 is 0 Å². The summed E-state index contributed by atoms with van der Waals surface area (Å²) in [6.45, 7) is 1.95. The van der Waals surface area contributed by atoms with Crippen LogP contribution in [0.25, 0.3) is 0 Å². The van der Waals surface area contributed by atoms with Gasteiger partial charge < -0.3 is 5.21 Å². The van der Waals surface area contributed by atoms with Crippen LogP contribution in [0.2, 0.25) is 0 Å². The normalized spacial score (nSPS) is 10.8. The fourth-order valence-corrected chi connectivity index (χ4v) is 0.957. The molecule has 0 heterocycles. The van der Waals surface area contributed by atoms with Crippen molar-refractivity contribution in [3.8, 4) is 0 Å². The van der Waals surface area contributed by atoms with Gasteiger partial charge in [-0.15, -0.1) is 0 Å². The lowest BCUT2D eigenvalue weighted by atomic mass is 10.1. The first-order chi connectivity index (χ1) is 5.77. The molecule has 3 heteroatoms. The second-order valence-electron chi connectivity index (χ2n) is 2.45. The van der Waals surface area contributed by atoms with Crippen molar-refractivity contribution in [2.45, 2.75) is 13.3 Å². The molecule has 0 radical (unpaired) electrons. The minimum Gasteiger partial charge on any atom is -0.411 e. The molecule has 1 N–H and O–H groups in total. The first-order valence-corrected chi connectivity index (χ1v) is 3.73. The van der Waals surface area contributed by atoms with Gasteiger partial charge in [-0.3, -0.25) is 0 Å². The maximum atomic E-state index is 13.0. The van der Waals surface area contributed by atoms with Gasteiger partial charge in [0.25, 0.3) is 0 Å². The summed E-state index contributed by atoms with van der Waals surface area (Å²) in [4.78, 5) is 0. The van der Waals surface area contributed by atoms with Crippen LogP contribution in [0.1, 0.15) is 18.1 Å². The van der Waals surface area contributed by atoms with E-state index in [0.29, 0.717) is 5.56 Å². The monoisotopic (exact) mass is 167 g/mol. The molecule has 0 amide bonds. The Bertz CT molecular complexity index is 297. The molecule has 64 valence electrons. The molecule has 0 bridgehead atoms. The van der Waals surface area contributed by atoms with E-state index in [1.165, 1.54) is 6.07 Å². The third-order valence-corrected chi connectivity index (χ3v) is 1.67. The fraction of sp³-hybridized carbons (Fsp3) is 0.222. The molecule has 0 spiro atoms. The summed E-state index contributed by atoms with van der Waals surface area (Å²) in [5.74, 6) is -0.354. The first-order valence-electron chi connectivity index (χ1n) is 3.73. The van der Waals surface area contributed by atoms with Crippen LogP contribution in [-0.4, -0.2) is 11.4 Å². The van der Waals surface area contributed by atoms with Gasteiger partial charge in [-0.2, -0.15) is 0 Å². The van der Waals surface area contributed by atoms with E-state index in [2.05, 4.69) is 5.16 Å². The lowest BCUT2D eigenvalue weighted by Crippen LogP contribution is -1.90. The SMILES string of the molecule is CCc1ccc(/C=N/O)c(F)c1. The number of aryl methyl sites for hydroxylation is 1. The van der Waals surface area contributed by atoms with Crippen LogP contribution in [0.4, 0.5) is 4.39 Å². The number of rotatable bonds is 2. The van der Waals surface area contributed by atoms with Crippen LogP contribution in [0.3, 0.4) is 0 Å². The molecule has 0 aliphatic rings. The Morgan fingerprint density at radius 1 is 1.58 bits per heavy atom. The van der Waals surface area contributed by atoms with Gasteiger partial charge in [0.15, 0.2) is 0 Å². The Morgan fingerprint density at radius 2 is 2.33 bits per heavy atom. The number of halogens is 1. The predicted molar refractivity (Wildman–Crippen MR) is 45.2 cm³/mol. The second-order valence-corrected chi connectivity index (χ2v) is 2.45. The van der Waals surface area contributed by atoms with Crippen LogP contribution in [0.5, 0.6) is 0 Å². The molecule has 0 aliphatic heterocycles. The van der Waals surface area contributed by atoms with E-state index in [-0.39, 0.29) is 5.82 Å². The second kappa shape index (κ2) is 3.85. The Morgan fingerprint density at radius 3 is 2.83 bits per heavy atom. The molecular weight excluding hydrogens is 157 g/mol. The van der Waals surface area contributed by atoms with Crippen molar-refractivity contribution in [2.24, 2.45) is 5.16 Å². The van der Waals surface area contributed by atoms with Gasteiger partial charge in [-0.25, -0.2) is 4.39 Å². The standard InChI is InChI=1S/C9H10FNO/c1-2-7-3-4-8(6-11-12)9(10)5-7/h3-6,12H,2H2,1H3/b11-6+. The zero-order valence-corrected chi connectivity index (χ0v) is 6.79. The molecule has 1 aromatic carbocycles. The van der Waals surface area contributed by atoms with E-state index in [4.69, 9.17) is 5.21 Å². The average Bonchev–Trinajstić information content (AvgIpc) is 2.09. The Labute approximate surface area is 70.3 Å². The van der Waals surface area contributed by atoms with E-state index in [1.807, 2.05) is 6.92 Å². The van der Waals surface area contributed by atoms with Gasteiger partial charge in [-0.05, 0) is 18.1 Å². The van der Waals surface area contributed by atoms with Gasteiger partial charge in [0.05, 0.1) is 6.21 Å². The highest BCUT2D eigenvalue weighted by Crippen LogP contribution is 2.08. The smallest absolute Gasteiger partial charge is 0.132 e. The highest BCUT2D eigenvalue weighted by molar-refractivity contribution is 5.79. The maximum Gasteiger partial charge on any atom is 0.132 e. The molecule has 2 nitrogen and oxygen atoms in total. The molecule has 0 unspecified atom stereocenters. The predicted octanol–water partition coefficient (Wildman–Crippen LogP) is 2.20. The van der Waals surface area contributed by atoms with Crippen molar-refractivity contribution in [3.63, 3.8) is 0 Å². The summed E-state index contributed by atoms with van der Waals surface area (Å²) >= 11 is 0. The fourth-order valence-electron chi connectivity index (χ4n) is 0.957. The molecule has 1 aromatic rings. The summed E-state index contributed by atoms with van der Waals surface area (Å²) in [5.41, 5.74) is 1.23. The average molecular weight is 167 g/mol. The van der Waals surface area contributed by atoms with Crippen molar-refractivity contribution in [2.75, 3.05) is 0 Å². The summed E-state index contributed by atoms with van der Waals surface area (Å²) in [6, 6.07) is 4.84. The molecule has 0 atom stereocenters. The van der Waals surface area contributed by atoms with Gasteiger partial charge in [0, 0.05) is 5.56 Å². The van der Waals surface area contributed by atoms with Crippen LogP contribution in [0, 0.1) is 5.82 Å². The highest BCUT2D eigenvalue weighted by atomic mass is 19.1. The number of oxime groups is 1. The van der Waals surface area contributed by atoms with Gasteiger partial charge in [-0.1, -0.05) is 24.2 Å². The van der Waals surface area contributed by atoms with E-state index in [0.717, 1.165) is 18.2 Å².